The van der Waals surface area contributed by atoms with Gasteiger partial charge in [0.1, 0.15) is 0 Å². The summed E-state index contributed by atoms with van der Waals surface area (Å²) >= 11 is 3.43. The van der Waals surface area contributed by atoms with Gasteiger partial charge in [0, 0.05) is 10.2 Å². The molecule has 2 amide bonds. The molecule has 0 heterocycles. The molecular formula is C15H23BrN2O2. The molecule has 0 saturated heterocycles. The van der Waals surface area contributed by atoms with Gasteiger partial charge in [-0.3, -0.25) is 0 Å². The molecule has 1 rings (SSSR count). The third-order valence-corrected chi connectivity index (χ3v) is 3.76. The van der Waals surface area contributed by atoms with Gasteiger partial charge in [-0.25, -0.2) is 4.79 Å². The third-order valence-electron chi connectivity index (χ3n) is 3.30. The maximum absolute atomic E-state index is 12.1. The van der Waals surface area contributed by atoms with E-state index in [0.29, 0.717) is 0 Å². The third kappa shape index (κ3) is 4.49. The topological polar surface area (TPSA) is 61.4 Å². The zero-order valence-corrected chi connectivity index (χ0v) is 14.1. The fourth-order valence-electron chi connectivity index (χ4n) is 2.26. The van der Waals surface area contributed by atoms with Crippen molar-refractivity contribution < 1.29 is 9.90 Å². The molecule has 112 valence electrons. The van der Waals surface area contributed by atoms with E-state index in [9.17, 15) is 9.90 Å². The number of benzene rings is 1. The van der Waals surface area contributed by atoms with E-state index in [-0.39, 0.29) is 12.6 Å². The molecule has 0 aromatic heterocycles. The molecule has 3 N–H and O–H groups in total. The van der Waals surface area contributed by atoms with Crippen LogP contribution < -0.4 is 10.6 Å². The molecule has 0 aliphatic heterocycles. The van der Waals surface area contributed by atoms with Crippen molar-refractivity contribution in [2.45, 2.75) is 46.1 Å². The van der Waals surface area contributed by atoms with Crippen LogP contribution >= 0.6 is 15.9 Å². The molecule has 0 aliphatic carbocycles. The SMILES string of the molecule is CCCC(C)(CO)NC(=O)Nc1c(C)cc(Br)cc1C. The van der Waals surface area contributed by atoms with Gasteiger partial charge in [0.25, 0.3) is 0 Å². The van der Waals surface area contributed by atoms with Crippen molar-refractivity contribution in [3.63, 3.8) is 0 Å². The number of carbonyl (C=O) groups excluding carboxylic acids is 1. The molecule has 1 atom stereocenters. The van der Waals surface area contributed by atoms with Crippen LogP contribution in [-0.2, 0) is 0 Å². The van der Waals surface area contributed by atoms with Crippen LogP contribution in [0.2, 0.25) is 0 Å². The van der Waals surface area contributed by atoms with Gasteiger partial charge in [-0.05, 0) is 50.5 Å². The average Bonchev–Trinajstić information content (AvgIpc) is 2.34. The summed E-state index contributed by atoms with van der Waals surface area (Å²) in [7, 11) is 0. The van der Waals surface area contributed by atoms with E-state index in [1.165, 1.54) is 0 Å². The second kappa shape index (κ2) is 7.09. The molecule has 1 aromatic carbocycles. The average molecular weight is 343 g/mol. The number of nitrogens with one attached hydrogen (secondary N) is 2. The number of carbonyl (C=O) groups is 1. The maximum atomic E-state index is 12.1. The normalized spacial score (nSPS) is 13.7. The molecule has 0 spiro atoms. The number of aliphatic hydroxyl groups is 1. The number of hydrogen-bond donors (Lipinski definition) is 3. The van der Waals surface area contributed by atoms with Crippen molar-refractivity contribution in [2.24, 2.45) is 0 Å². The van der Waals surface area contributed by atoms with Crippen molar-refractivity contribution in [2.75, 3.05) is 11.9 Å². The van der Waals surface area contributed by atoms with Crippen LogP contribution in [-0.4, -0.2) is 23.3 Å². The first-order valence-corrected chi connectivity index (χ1v) is 7.57. The lowest BCUT2D eigenvalue weighted by molar-refractivity contribution is 0.167. The number of anilines is 1. The minimum atomic E-state index is -0.587. The van der Waals surface area contributed by atoms with Crippen LogP contribution in [0.25, 0.3) is 0 Å². The Bertz CT molecular complexity index is 468. The Morgan fingerprint density at radius 1 is 1.35 bits per heavy atom. The zero-order valence-electron chi connectivity index (χ0n) is 12.5. The number of aryl methyl sites for hydroxylation is 2. The highest BCUT2D eigenvalue weighted by molar-refractivity contribution is 9.10. The van der Waals surface area contributed by atoms with E-state index in [1.54, 1.807) is 0 Å². The number of rotatable bonds is 5. The van der Waals surface area contributed by atoms with Crippen molar-refractivity contribution in [1.82, 2.24) is 5.32 Å². The summed E-state index contributed by atoms with van der Waals surface area (Å²) in [5.41, 5.74) is 2.21. The van der Waals surface area contributed by atoms with E-state index >= 15 is 0 Å². The first kappa shape index (κ1) is 17.0. The first-order valence-electron chi connectivity index (χ1n) is 6.78. The molecule has 0 aliphatic rings. The molecule has 1 aromatic rings. The van der Waals surface area contributed by atoms with Gasteiger partial charge >= 0.3 is 6.03 Å². The van der Waals surface area contributed by atoms with Crippen LogP contribution in [0.5, 0.6) is 0 Å². The fraction of sp³-hybridized carbons (Fsp3) is 0.533. The Morgan fingerprint density at radius 2 is 1.90 bits per heavy atom. The van der Waals surface area contributed by atoms with Gasteiger partial charge in [-0.1, -0.05) is 29.3 Å². The van der Waals surface area contributed by atoms with Gasteiger partial charge in [-0.2, -0.15) is 0 Å². The van der Waals surface area contributed by atoms with E-state index in [2.05, 4.69) is 26.6 Å². The lowest BCUT2D eigenvalue weighted by atomic mass is 9.97. The molecular weight excluding hydrogens is 320 g/mol. The summed E-state index contributed by atoms with van der Waals surface area (Å²) in [5, 5.41) is 15.2. The quantitative estimate of drug-likeness (QED) is 0.763. The lowest BCUT2D eigenvalue weighted by Gasteiger charge is -2.28. The smallest absolute Gasteiger partial charge is 0.319 e. The Hall–Kier alpha value is -1.07. The molecule has 1 unspecified atom stereocenters. The van der Waals surface area contributed by atoms with E-state index in [1.807, 2.05) is 39.8 Å². The van der Waals surface area contributed by atoms with Crippen LogP contribution in [0.1, 0.15) is 37.8 Å². The van der Waals surface area contributed by atoms with Crippen molar-refractivity contribution in [1.29, 1.82) is 0 Å². The van der Waals surface area contributed by atoms with Crippen molar-refractivity contribution >= 4 is 27.6 Å². The summed E-state index contributed by atoms with van der Waals surface area (Å²) in [5.74, 6) is 0. The van der Waals surface area contributed by atoms with Gasteiger partial charge in [-0.15, -0.1) is 0 Å². The van der Waals surface area contributed by atoms with Gasteiger partial charge in [0.05, 0.1) is 12.1 Å². The Balaban J connectivity index is 2.81. The maximum Gasteiger partial charge on any atom is 0.319 e. The van der Waals surface area contributed by atoms with E-state index < -0.39 is 5.54 Å². The Labute approximate surface area is 129 Å². The standard InChI is InChI=1S/C15H23BrN2O2/c1-5-6-15(4,9-19)18-14(20)17-13-10(2)7-12(16)8-11(13)3/h7-8,19H,5-6,9H2,1-4H3,(H2,17,18,20). The molecule has 0 fully saturated rings. The number of halogens is 1. The summed E-state index contributed by atoms with van der Waals surface area (Å²) in [6.07, 6.45) is 1.63. The number of amides is 2. The molecule has 0 radical (unpaired) electrons. The first-order chi connectivity index (χ1) is 9.31. The lowest BCUT2D eigenvalue weighted by Crippen LogP contribution is -2.50. The highest BCUT2D eigenvalue weighted by Crippen LogP contribution is 2.25. The highest BCUT2D eigenvalue weighted by Gasteiger charge is 2.24. The van der Waals surface area contributed by atoms with Crippen LogP contribution in [0.15, 0.2) is 16.6 Å². The molecule has 0 bridgehead atoms. The van der Waals surface area contributed by atoms with Crippen LogP contribution in [0.4, 0.5) is 10.5 Å². The van der Waals surface area contributed by atoms with Crippen molar-refractivity contribution in [3.05, 3.63) is 27.7 Å². The summed E-state index contributed by atoms with van der Waals surface area (Å²) in [6.45, 7) is 7.69. The second-order valence-corrected chi connectivity index (χ2v) is 6.38. The number of aliphatic hydroxyl groups excluding tert-OH is 1. The number of urea groups is 1. The van der Waals surface area contributed by atoms with Gasteiger partial charge in [0.2, 0.25) is 0 Å². The Morgan fingerprint density at radius 3 is 2.35 bits per heavy atom. The minimum absolute atomic E-state index is 0.0768. The van der Waals surface area contributed by atoms with E-state index in [0.717, 1.165) is 34.1 Å². The summed E-state index contributed by atoms with van der Waals surface area (Å²) in [4.78, 5) is 12.1. The largest absolute Gasteiger partial charge is 0.394 e. The van der Waals surface area contributed by atoms with Crippen molar-refractivity contribution in [3.8, 4) is 0 Å². The number of hydrogen-bond acceptors (Lipinski definition) is 2. The molecule has 5 heteroatoms. The predicted molar refractivity (Wildman–Crippen MR) is 86.2 cm³/mol. The van der Waals surface area contributed by atoms with Gasteiger partial charge < -0.3 is 15.7 Å². The Kier molecular flexibility index (Phi) is 6.02. The molecule has 0 saturated carbocycles. The molecule has 4 nitrogen and oxygen atoms in total. The zero-order chi connectivity index (χ0) is 15.3. The van der Waals surface area contributed by atoms with Gasteiger partial charge in [0.15, 0.2) is 0 Å². The second-order valence-electron chi connectivity index (χ2n) is 5.46. The summed E-state index contributed by atoms with van der Waals surface area (Å²) < 4.78 is 0.990. The highest BCUT2D eigenvalue weighted by atomic mass is 79.9. The van der Waals surface area contributed by atoms with E-state index in [4.69, 9.17) is 0 Å². The van der Waals surface area contributed by atoms with Crippen LogP contribution in [0.3, 0.4) is 0 Å². The van der Waals surface area contributed by atoms with Crippen LogP contribution in [0, 0.1) is 13.8 Å². The fourth-order valence-corrected chi connectivity index (χ4v) is 2.95. The monoisotopic (exact) mass is 342 g/mol. The minimum Gasteiger partial charge on any atom is -0.394 e. The molecule has 20 heavy (non-hydrogen) atoms. The summed E-state index contributed by atoms with van der Waals surface area (Å²) in [6, 6.07) is 3.63. The predicted octanol–water partition coefficient (Wildman–Crippen LogP) is 3.74.